The molecule has 0 unspecified atom stereocenters. The Morgan fingerprint density at radius 3 is 2.58 bits per heavy atom. The second kappa shape index (κ2) is 5.55. The highest BCUT2D eigenvalue weighted by molar-refractivity contribution is 5.82. The van der Waals surface area contributed by atoms with Gasteiger partial charge < -0.3 is 10.4 Å². The van der Waals surface area contributed by atoms with Crippen LogP contribution in [0, 0.1) is 12.8 Å². The van der Waals surface area contributed by atoms with Gasteiger partial charge in [-0.25, -0.2) is 9.78 Å². The zero-order valence-corrected chi connectivity index (χ0v) is 11.5. The molecule has 5 heteroatoms. The zero-order valence-electron chi connectivity index (χ0n) is 11.5. The Balaban J connectivity index is 2.18. The van der Waals surface area contributed by atoms with Crippen LogP contribution in [0.25, 0.3) is 0 Å². The number of carbonyl (C=O) groups is 1. The van der Waals surface area contributed by atoms with Crippen LogP contribution in [0.1, 0.15) is 44.7 Å². The van der Waals surface area contributed by atoms with E-state index in [1.807, 2.05) is 6.92 Å². The first-order valence-corrected chi connectivity index (χ1v) is 6.86. The second-order valence-corrected chi connectivity index (χ2v) is 5.35. The zero-order chi connectivity index (χ0) is 13.9. The first kappa shape index (κ1) is 13.8. The molecule has 2 N–H and O–H groups in total. The number of nitrogens with zero attached hydrogens (tertiary/aromatic N) is 2. The Morgan fingerprint density at radius 2 is 2.05 bits per heavy atom. The van der Waals surface area contributed by atoms with Gasteiger partial charge in [-0.3, -0.25) is 4.98 Å². The summed E-state index contributed by atoms with van der Waals surface area (Å²) >= 11 is 0. The number of hydrogen-bond donors (Lipinski definition) is 2. The third-order valence-corrected chi connectivity index (χ3v) is 4.18. The van der Waals surface area contributed by atoms with E-state index in [2.05, 4.69) is 22.2 Å². The minimum Gasteiger partial charge on any atom is -0.480 e. The van der Waals surface area contributed by atoms with Crippen molar-refractivity contribution >= 4 is 11.8 Å². The Hall–Kier alpha value is -1.65. The lowest BCUT2D eigenvalue weighted by Crippen LogP contribution is -2.49. The molecular formula is C14H21N3O2. The van der Waals surface area contributed by atoms with Gasteiger partial charge in [0.1, 0.15) is 11.4 Å². The van der Waals surface area contributed by atoms with E-state index in [9.17, 15) is 9.90 Å². The van der Waals surface area contributed by atoms with E-state index in [0.717, 1.165) is 25.0 Å². The predicted octanol–water partition coefficient (Wildman–Crippen LogP) is 2.62. The second-order valence-electron chi connectivity index (χ2n) is 5.35. The number of rotatable bonds is 4. The van der Waals surface area contributed by atoms with Crippen molar-refractivity contribution in [2.75, 3.05) is 5.32 Å². The lowest BCUT2D eigenvalue weighted by atomic mass is 9.75. The van der Waals surface area contributed by atoms with Crippen LogP contribution in [-0.2, 0) is 4.79 Å². The van der Waals surface area contributed by atoms with Crippen LogP contribution in [0.4, 0.5) is 5.82 Å². The van der Waals surface area contributed by atoms with Gasteiger partial charge in [0, 0.05) is 12.4 Å². The van der Waals surface area contributed by atoms with Gasteiger partial charge in [-0.05, 0) is 38.5 Å². The number of aryl methyl sites for hydroxylation is 1. The summed E-state index contributed by atoms with van der Waals surface area (Å²) in [6, 6.07) is 0. The third-order valence-electron chi connectivity index (χ3n) is 4.18. The highest BCUT2D eigenvalue weighted by atomic mass is 16.4. The van der Waals surface area contributed by atoms with Gasteiger partial charge in [0.25, 0.3) is 0 Å². The van der Waals surface area contributed by atoms with Gasteiger partial charge in [0.15, 0.2) is 0 Å². The van der Waals surface area contributed by atoms with Crippen LogP contribution in [-0.4, -0.2) is 26.6 Å². The van der Waals surface area contributed by atoms with Gasteiger partial charge in [0.2, 0.25) is 0 Å². The lowest BCUT2D eigenvalue weighted by molar-refractivity contribution is -0.143. The SMILES string of the molecule is CCC1CCC(Nc2nccnc2C)(C(=O)O)CC1. The molecule has 0 amide bonds. The van der Waals surface area contributed by atoms with Crippen LogP contribution in [0.15, 0.2) is 12.4 Å². The topological polar surface area (TPSA) is 75.1 Å². The fraction of sp³-hybridized carbons (Fsp3) is 0.643. The quantitative estimate of drug-likeness (QED) is 0.873. The molecule has 0 aliphatic heterocycles. The largest absolute Gasteiger partial charge is 0.480 e. The van der Waals surface area contributed by atoms with E-state index in [1.165, 1.54) is 0 Å². The smallest absolute Gasteiger partial charge is 0.329 e. The average Bonchev–Trinajstić information content (AvgIpc) is 2.42. The Labute approximate surface area is 113 Å². The fourth-order valence-corrected chi connectivity index (χ4v) is 2.73. The first-order chi connectivity index (χ1) is 9.07. The van der Waals surface area contributed by atoms with Crippen LogP contribution in [0.5, 0.6) is 0 Å². The van der Waals surface area contributed by atoms with Crippen LogP contribution >= 0.6 is 0 Å². The van der Waals surface area contributed by atoms with E-state index in [0.29, 0.717) is 24.6 Å². The Kier molecular flexibility index (Phi) is 4.02. The normalized spacial score (nSPS) is 26.9. The summed E-state index contributed by atoms with van der Waals surface area (Å²) in [5.74, 6) is 0.448. The van der Waals surface area contributed by atoms with Crippen LogP contribution in [0.2, 0.25) is 0 Å². The Morgan fingerprint density at radius 1 is 1.42 bits per heavy atom. The van der Waals surface area contributed by atoms with E-state index in [4.69, 9.17) is 0 Å². The summed E-state index contributed by atoms with van der Waals surface area (Å²) < 4.78 is 0. The van der Waals surface area contributed by atoms with Gasteiger partial charge in [0.05, 0.1) is 5.69 Å². The summed E-state index contributed by atoms with van der Waals surface area (Å²) in [5, 5.41) is 12.7. The van der Waals surface area contributed by atoms with Crippen molar-refractivity contribution in [1.29, 1.82) is 0 Å². The molecular weight excluding hydrogens is 242 g/mol. The average molecular weight is 263 g/mol. The monoisotopic (exact) mass is 263 g/mol. The van der Waals surface area contributed by atoms with E-state index >= 15 is 0 Å². The maximum absolute atomic E-state index is 11.7. The van der Waals surface area contributed by atoms with Crippen molar-refractivity contribution in [3.63, 3.8) is 0 Å². The molecule has 1 aliphatic carbocycles. The van der Waals surface area contributed by atoms with E-state index in [-0.39, 0.29) is 0 Å². The van der Waals surface area contributed by atoms with Crippen LogP contribution in [0.3, 0.4) is 0 Å². The summed E-state index contributed by atoms with van der Waals surface area (Å²) in [7, 11) is 0. The number of aromatic nitrogens is 2. The van der Waals surface area contributed by atoms with Gasteiger partial charge in [-0.1, -0.05) is 13.3 Å². The number of nitrogens with one attached hydrogen (secondary N) is 1. The van der Waals surface area contributed by atoms with Gasteiger partial charge in [-0.15, -0.1) is 0 Å². The summed E-state index contributed by atoms with van der Waals surface area (Å²) in [5.41, 5.74) is -0.146. The van der Waals surface area contributed by atoms with Crippen molar-refractivity contribution in [3.8, 4) is 0 Å². The molecule has 104 valence electrons. The maximum Gasteiger partial charge on any atom is 0.329 e. The highest BCUT2D eigenvalue weighted by Gasteiger charge is 2.42. The molecule has 1 aromatic rings. The minimum absolute atomic E-state index is 0.583. The molecule has 1 fully saturated rings. The van der Waals surface area contributed by atoms with Crippen molar-refractivity contribution < 1.29 is 9.90 Å². The van der Waals surface area contributed by atoms with Crippen molar-refractivity contribution in [2.24, 2.45) is 5.92 Å². The number of anilines is 1. The van der Waals surface area contributed by atoms with E-state index < -0.39 is 11.5 Å². The first-order valence-electron chi connectivity index (χ1n) is 6.86. The molecule has 5 nitrogen and oxygen atoms in total. The van der Waals surface area contributed by atoms with Gasteiger partial charge in [-0.2, -0.15) is 0 Å². The summed E-state index contributed by atoms with van der Waals surface area (Å²) in [4.78, 5) is 20.0. The van der Waals surface area contributed by atoms with Gasteiger partial charge >= 0.3 is 5.97 Å². The summed E-state index contributed by atoms with van der Waals surface area (Å²) in [6.45, 7) is 4.00. The highest BCUT2D eigenvalue weighted by Crippen LogP contribution is 2.36. The number of aliphatic carboxylic acids is 1. The molecule has 0 spiro atoms. The van der Waals surface area contributed by atoms with Crippen molar-refractivity contribution in [1.82, 2.24) is 9.97 Å². The molecule has 2 rings (SSSR count). The molecule has 0 aromatic carbocycles. The summed E-state index contributed by atoms with van der Waals surface area (Å²) in [6.07, 6.45) is 7.53. The predicted molar refractivity (Wildman–Crippen MR) is 73.0 cm³/mol. The standard InChI is InChI=1S/C14H21N3O2/c1-3-11-4-6-14(7-5-11,13(18)19)17-12-10(2)15-8-9-16-12/h8-9,11H,3-7H2,1-2H3,(H,16,17)(H,18,19). The van der Waals surface area contributed by atoms with Crippen LogP contribution < -0.4 is 5.32 Å². The fourth-order valence-electron chi connectivity index (χ4n) is 2.73. The van der Waals surface area contributed by atoms with Crippen molar-refractivity contribution in [3.05, 3.63) is 18.1 Å². The molecule has 0 atom stereocenters. The molecule has 0 bridgehead atoms. The Bertz CT molecular complexity index is 454. The maximum atomic E-state index is 11.7. The molecule has 1 aromatic heterocycles. The van der Waals surface area contributed by atoms with E-state index in [1.54, 1.807) is 12.4 Å². The molecule has 0 radical (unpaired) electrons. The number of carboxylic acid groups (broad SMARTS) is 1. The number of hydrogen-bond acceptors (Lipinski definition) is 4. The third kappa shape index (κ3) is 2.85. The van der Waals surface area contributed by atoms with Crippen molar-refractivity contribution in [2.45, 2.75) is 51.5 Å². The molecule has 1 aliphatic rings. The number of carboxylic acids is 1. The molecule has 19 heavy (non-hydrogen) atoms. The molecule has 0 saturated heterocycles. The molecule has 1 saturated carbocycles. The lowest BCUT2D eigenvalue weighted by Gasteiger charge is -2.37. The minimum atomic E-state index is -0.882. The molecule has 1 heterocycles.